The number of hydrogen-bond acceptors (Lipinski definition) is 5. The smallest absolute Gasteiger partial charge is 0.488 e. The van der Waals surface area contributed by atoms with Crippen LogP contribution < -0.4 is 19.5 Å². The Labute approximate surface area is 211 Å². The highest BCUT2D eigenvalue weighted by atomic mass is 19.4. The Morgan fingerprint density at radius 1 is 0.946 bits per heavy atom. The van der Waals surface area contributed by atoms with E-state index in [9.17, 15) is 31.5 Å². The summed E-state index contributed by atoms with van der Waals surface area (Å²) in [6, 6.07) is 9.55. The second kappa shape index (κ2) is 11.8. The van der Waals surface area contributed by atoms with E-state index in [0.717, 1.165) is 12.1 Å². The molecule has 1 aliphatic rings. The molecule has 1 aliphatic carbocycles. The zero-order valence-electron chi connectivity index (χ0n) is 20.4. The van der Waals surface area contributed by atoms with Crippen molar-refractivity contribution < 1.29 is 45.8 Å². The van der Waals surface area contributed by atoms with Gasteiger partial charge in [0.1, 0.15) is 23.0 Å². The predicted molar refractivity (Wildman–Crippen MR) is 125 cm³/mol. The fraction of sp³-hybridized carbons (Fsp3) is 0.462. The van der Waals surface area contributed by atoms with Gasteiger partial charge < -0.3 is 19.5 Å². The van der Waals surface area contributed by atoms with Crippen LogP contribution in [0.3, 0.4) is 0 Å². The van der Waals surface area contributed by atoms with E-state index in [-0.39, 0.29) is 41.4 Å². The van der Waals surface area contributed by atoms with Crippen molar-refractivity contribution in [3.8, 4) is 17.2 Å². The molecule has 2 aromatic rings. The van der Waals surface area contributed by atoms with Crippen molar-refractivity contribution in [3.05, 3.63) is 48.0 Å². The molecular formula is C26H28F5NO5. The molecule has 0 spiro atoms. The van der Waals surface area contributed by atoms with E-state index in [2.05, 4.69) is 14.8 Å². The van der Waals surface area contributed by atoms with Crippen LogP contribution in [0.25, 0.3) is 0 Å². The molecule has 0 atom stereocenters. The first kappa shape index (κ1) is 28.2. The van der Waals surface area contributed by atoms with Gasteiger partial charge in [-0.05, 0) is 61.4 Å². The van der Waals surface area contributed by atoms with Crippen molar-refractivity contribution in [2.24, 2.45) is 5.92 Å². The van der Waals surface area contributed by atoms with E-state index in [1.54, 1.807) is 12.1 Å². The van der Waals surface area contributed by atoms with Crippen LogP contribution in [0.4, 0.5) is 27.6 Å². The minimum atomic E-state index is -4.87. The van der Waals surface area contributed by atoms with Crippen LogP contribution in [-0.2, 0) is 16.0 Å². The zero-order valence-corrected chi connectivity index (χ0v) is 20.4. The highest BCUT2D eigenvalue weighted by Gasteiger charge is 2.32. The lowest BCUT2D eigenvalue weighted by Gasteiger charge is -2.29. The number of carbonyl (C=O) groups is 2. The van der Waals surface area contributed by atoms with Gasteiger partial charge in [-0.15, -0.1) is 13.2 Å². The quantitative estimate of drug-likeness (QED) is 0.348. The van der Waals surface area contributed by atoms with Gasteiger partial charge in [-0.3, -0.25) is 9.59 Å². The van der Waals surface area contributed by atoms with E-state index in [0.29, 0.717) is 44.6 Å². The molecule has 37 heavy (non-hydrogen) atoms. The Morgan fingerprint density at radius 3 is 2.24 bits per heavy atom. The van der Waals surface area contributed by atoms with E-state index >= 15 is 0 Å². The topological polar surface area (TPSA) is 73.9 Å². The Morgan fingerprint density at radius 2 is 1.62 bits per heavy atom. The van der Waals surface area contributed by atoms with Crippen LogP contribution in [0.2, 0.25) is 0 Å². The van der Waals surface area contributed by atoms with Crippen LogP contribution in [0.15, 0.2) is 42.5 Å². The minimum Gasteiger partial charge on any atom is -0.488 e. The predicted octanol–water partition coefficient (Wildman–Crippen LogP) is 6.67. The lowest BCUT2D eigenvalue weighted by atomic mass is 9.83. The summed E-state index contributed by atoms with van der Waals surface area (Å²) in [5.41, 5.74) is 0.658. The standard InChI is InChI=1S/C26H28F5NO5/c1-16(33)32-23-15-22(37-26(29,30)31)10-11-24(23)35-20-8-6-17(7-9-20)12-19(34)13-18-4-3-5-21(14-18)36-25(2,27)28/h3-5,10-11,14-15,17,20H,6-9,12-13H2,1-2H3,(H,32,33). The number of anilines is 1. The number of amides is 1. The summed E-state index contributed by atoms with van der Waals surface area (Å²) < 4.78 is 78.2. The molecule has 1 fully saturated rings. The molecule has 202 valence electrons. The molecule has 0 bridgehead atoms. The molecule has 0 aromatic heterocycles. The number of halogens is 5. The number of ketones is 1. The third-order valence-electron chi connectivity index (χ3n) is 5.70. The molecule has 0 radical (unpaired) electrons. The van der Waals surface area contributed by atoms with Crippen molar-refractivity contribution in [1.29, 1.82) is 0 Å². The largest absolute Gasteiger partial charge is 0.573 e. The maximum atomic E-state index is 13.1. The molecule has 11 heteroatoms. The van der Waals surface area contributed by atoms with Crippen LogP contribution in [-0.4, -0.2) is 30.3 Å². The maximum absolute atomic E-state index is 13.1. The number of carbonyl (C=O) groups excluding carboxylic acids is 2. The summed E-state index contributed by atoms with van der Waals surface area (Å²) in [6.45, 7) is 1.87. The number of nitrogens with one attached hydrogen (secondary N) is 1. The maximum Gasteiger partial charge on any atom is 0.573 e. The van der Waals surface area contributed by atoms with Gasteiger partial charge in [0.15, 0.2) is 0 Å². The number of alkyl halides is 5. The Bertz CT molecular complexity index is 1090. The second-order valence-electron chi connectivity index (χ2n) is 9.12. The number of ether oxygens (including phenoxy) is 3. The van der Waals surface area contributed by atoms with E-state index in [1.807, 2.05) is 0 Å². The third kappa shape index (κ3) is 9.89. The SMILES string of the molecule is CC(=O)Nc1cc(OC(F)(F)F)ccc1OC1CCC(CC(=O)Cc2cccc(OC(C)(F)F)c2)CC1. The third-order valence-corrected chi connectivity index (χ3v) is 5.70. The highest BCUT2D eigenvalue weighted by Crippen LogP contribution is 2.36. The molecule has 0 unspecified atom stereocenters. The normalized spacial score (nSPS) is 18.1. The number of Topliss-reactive ketones (excluding diaryl/α,β-unsaturated/α-hetero) is 1. The molecular weight excluding hydrogens is 501 g/mol. The van der Waals surface area contributed by atoms with Crippen molar-refractivity contribution in [2.45, 2.75) is 70.9 Å². The lowest BCUT2D eigenvalue weighted by Crippen LogP contribution is -2.26. The molecule has 3 rings (SSSR count). The molecule has 6 nitrogen and oxygen atoms in total. The van der Waals surface area contributed by atoms with Gasteiger partial charge in [-0.1, -0.05) is 12.1 Å². The fourth-order valence-electron chi connectivity index (χ4n) is 4.28. The summed E-state index contributed by atoms with van der Waals surface area (Å²) in [5.74, 6) is -0.624. The summed E-state index contributed by atoms with van der Waals surface area (Å²) in [4.78, 5) is 24.1. The molecule has 1 saturated carbocycles. The van der Waals surface area contributed by atoms with Crippen molar-refractivity contribution in [3.63, 3.8) is 0 Å². The fourth-order valence-corrected chi connectivity index (χ4v) is 4.28. The monoisotopic (exact) mass is 529 g/mol. The lowest BCUT2D eigenvalue weighted by molar-refractivity contribution is -0.274. The minimum absolute atomic E-state index is 0.00732. The molecule has 1 amide bonds. The molecule has 1 N–H and O–H groups in total. The summed E-state index contributed by atoms with van der Waals surface area (Å²) in [6.07, 6.45) is -5.34. The van der Waals surface area contributed by atoms with Crippen molar-refractivity contribution in [1.82, 2.24) is 0 Å². The van der Waals surface area contributed by atoms with Crippen LogP contribution in [0.1, 0.15) is 51.5 Å². The first-order chi connectivity index (χ1) is 17.3. The van der Waals surface area contributed by atoms with Gasteiger partial charge in [0, 0.05) is 32.8 Å². The first-order valence-electron chi connectivity index (χ1n) is 11.8. The zero-order chi connectivity index (χ0) is 27.2. The summed E-state index contributed by atoms with van der Waals surface area (Å²) >= 11 is 0. The molecule has 0 saturated heterocycles. The second-order valence-corrected chi connectivity index (χ2v) is 9.12. The average molecular weight is 530 g/mol. The van der Waals surface area contributed by atoms with Gasteiger partial charge in [-0.2, -0.15) is 8.78 Å². The van der Waals surface area contributed by atoms with Crippen LogP contribution in [0, 0.1) is 5.92 Å². The van der Waals surface area contributed by atoms with E-state index < -0.39 is 24.1 Å². The van der Waals surface area contributed by atoms with Gasteiger partial charge in [0.25, 0.3) is 0 Å². The van der Waals surface area contributed by atoms with E-state index in [1.165, 1.54) is 25.1 Å². The van der Waals surface area contributed by atoms with E-state index in [4.69, 9.17) is 4.74 Å². The van der Waals surface area contributed by atoms with Crippen molar-refractivity contribution >= 4 is 17.4 Å². The number of hydrogen-bond donors (Lipinski definition) is 1. The van der Waals surface area contributed by atoms with Gasteiger partial charge in [0.05, 0.1) is 11.8 Å². The van der Waals surface area contributed by atoms with Gasteiger partial charge in [0.2, 0.25) is 5.91 Å². The Balaban J connectivity index is 1.52. The van der Waals surface area contributed by atoms with Gasteiger partial charge in [-0.25, -0.2) is 0 Å². The van der Waals surface area contributed by atoms with Gasteiger partial charge >= 0.3 is 12.5 Å². The number of rotatable bonds is 10. The molecule has 2 aromatic carbocycles. The summed E-state index contributed by atoms with van der Waals surface area (Å²) in [7, 11) is 0. The first-order valence-corrected chi connectivity index (χ1v) is 11.8. The Hall–Kier alpha value is -3.37. The average Bonchev–Trinajstić information content (AvgIpc) is 2.74. The molecule has 0 heterocycles. The summed E-state index contributed by atoms with van der Waals surface area (Å²) in [5, 5.41) is 2.46. The molecule has 0 aliphatic heterocycles. The van der Waals surface area contributed by atoms with Crippen molar-refractivity contribution in [2.75, 3.05) is 5.32 Å². The van der Waals surface area contributed by atoms with Crippen LogP contribution in [0.5, 0.6) is 17.2 Å². The van der Waals surface area contributed by atoms with Crippen LogP contribution >= 0.6 is 0 Å². The number of benzene rings is 2. The Kier molecular flexibility index (Phi) is 8.98. The highest BCUT2D eigenvalue weighted by molar-refractivity contribution is 5.90.